The van der Waals surface area contributed by atoms with Crippen LogP contribution in [0.4, 0.5) is 0 Å². The van der Waals surface area contributed by atoms with Crippen molar-refractivity contribution in [1.29, 1.82) is 0 Å². The van der Waals surface area contributed by atoms with Gasteiger partial charge in [-0.15, -0.1) is 0 Å². The number of nitrogens with zero attached hydrogens (tertiary/aromatic N) is 1. The molecule has 0 radical (unpaired) electrons. The van der Waals surface area contributed by atoms with E-state index in [1.54, 1.807) is 0 Å². The average molecular weight is 334 g/mol. The summed E-state index contributed by atoms with van der Waals surface area (Å²) in [4.78, 5) is 47.8. The molecular formula is C8H20N2O8P2. The van der Waals surface area contributed by atoms with Crippen LogP contribution in [0.15, 0.2) is 0 Å². The zero-order valence-electron chi connectivity index (χ0n) is 10.9. The third-order valence-corrected chi connectivity index (χ3v) is 4.16. The minimum absolute atomic E-state index is 0.0984. The van der Waals surface area contributed by atoms with Crippen LogP contribution in [0.1, 0.15) is 19.8 Å². The summed E-state index contributed by atoms with van der Waals surface area (Å²) in [6.07, 6.45) is -2.00. The third kappa shape index (κ3) is 6.92. The van der Waals surface area contributed by atoms with Gasteiger partial charge < -0.3 is 30.4 Å². The monoisotopic (exact) mass is 334 g/mol. The van der Waals surface area contributed by atoms with Crippen LogP contribution in [0.25, 0.3) is 0 Å². The minimum Gasteiger partial charge on any atom is -0.480 e. The number of carboxylic acid groups (broad SMARTS) is 1. The van der Waals surface area contributed by atoms with Crippen molar-refractivity contribution in [2.75, 3.05) is 19.1 Å². The molecule has 10 nitrogen and oxygen atoms in total. The van der Waals surface area contributed by atoms with E-state index in [-0.39, 0.29) is 19.4 Å². The van der Waals surface area contributed by atoms with Gasteiger partial charge in [-0.05, 0) is 26.3 Å². The Kier molecular flexibility index (Phi) is 7.00. The van der Waals surface area contributed by atoms with Crippen molar-refractivity contribution in [2.24, 2.45) is 5.73 Å². The molecule has 0 bridgehead atoms. The van der Waals surface area contributed by atoms with Crippen LogP contribution in [0.5, 0.6) is 0 Å². The summed E-state index contributed by atoms with van der Waals surface area (Å²) in [6.45, 7) is 1.29. The van der Waals surface area contributed by atoms with Gasteiger partial charge in [-0.1, -0.05) is 0 Å². The molecule has 0 aromatic rings. The topological polar surface area (TPSA) is 182 Å². The maximum absolute atomic E-state index is 11.4. The first-order valence-electron chi connectivity index (χ1n) is 5.59. The first kappa shape index (κ1) is 19.7. The molecule has 0 spiro atoms. The molecule has 120 valence electrons. The average Bonchev–Trinajstić information content (AvgIpc) is 2.20. The van der Waals surface area contributed by atoms with Crippen molar-refractivity contribution < 1.29 is 38.6 Å². The number of hydrogen-bond donors (Lipinski definition) is 6. The predicted molar refractivity (Wildman–Crippen MR) is 70.0 cm³/mol. The summed E-state index contributed by atoms with van der Waals surface area (Å²) >= 11 is 0. The van der Waals surface area contributed by atoms with Crippen molar-refractivity contribution >= 4 is 21.2 Å². The maximum Gasteiger partial charge on any atom is 0.339 e. The van der Waals surface area contributed by atoms with Gasteiger partial charge in [0.2, 0.25) is 0 Å². The Labute approximate surface area is 115 Å². The van der Waals surface area contributed by atoms with Crippen molar-refractivity contribution in [3.8, 4) is 0 Å². The lowest BCUT2D eigenvalue weighted by molar-refractivity contribution is -0.150. The zero-order valence-corrected chi connectivity index (χ0v) is 12.7. The molecule has 0 aromatic heterocycles. The van der Waals surface area contributed by atoms with E-state index in [9.17, 15) is 19.0 Å². The quantitative estimate of drug-likeness (QED) is 0.290. The highest BCUT2D eigenvalue weighted by atomic mass is 31.2. The second kappa shape index (κ2) is 7.11. The lowest BCUT2D eigenvalue weighted by Gasteiger charge is -2.37. The molecule has 0 aliphatic carbocycles. The summed E-state index contributed by atoms with van der Waals surface area (Å²) in [5.41, 5.74) is 3.44. The molecule has 20 heavy (non-hydrogen) atoms. The number of carbonyl (C=O) groups is 1. The highest BCUT2D eigenvalue weighted by molar-refractivity contribution is 7.52. The smallest absolute Gasteiger partial charge is 0.339 e. The molecule has 0 aliphatic heterocycles. The largest absolute Gasteiger partial charge is 0.480 e. The van der Waals surface area contributed by atoms with Crippen molar-refractivity contribution in [3.63, 3.8) is 0 Å². The Hall–Kier alpha value is -0.310. The van der Waals surface area contributed by atoms with E-state index >= 15 is 0 Å². The van der Waals surface area contributed by atoms with Crippen LogP contribution in [-0.4, -0.2) is 60.2 Å². The van der Waals surface area contributed by atoms with Crippen LogP contribution in [-0.2, 0) is 13.9 Å². The molecule has 0 saturated heterocycles. The van der Waals surface area contributed by atoms with Gasteiger partial charge in [-0.25, -0.2) is 0 Å². The summed E-state index contributed by atoms with van der Waals surface area (Å²) < 4.78 is 22.1. The molecule has 12 heteroatoms. The molecule has 0 aromatic carbocycles. The Morgan fingerprint density at radius 3 is 1.80 bits per heavy atom. The lowest BCUT2D eigenvalue weighted by atomic mass is 9.94. The Balaban J connectivity index is 5.46. The second-order valence-electron chi connectivity index (χ2n) is 4.62. The fraction of sp³-hybridized carbons (Fsp3) is 0.875. The lowest BCUT2D eigenvalue weighted by Crippen LogP contribution is -2.53. The predicted octanol–water partition coefficient (Wildman–Crippen LogP) is -0.859. The van der Waals surface area contributed by atoms with Gasteiger partial charge >= 0.3 is 21.2 Å². The normalized spacial score (nSPS) is 16.1. The maximum atomic E-state index is 11.4. The van der Waals surface area contributed by atoms with Gasteiger partial charge in [-0.3, -0.25) is 18.8 Å². The summed E-state index contributed by atoms with van der Waals surface area (Å²) in [6, 6.07) is 0. The fourth-order valence-corrected chi connectivity index (χ4v) is 3.52. The Bertz CT molecular complexity index is 408. The summed E-state index contributed by atoms with van der Waals surface area (Å²) in [5, 5.41) is 9.23. The Morgan fingerprint density at radius 2 is 1.55 bits per heavy atom. The molecular weight excluding hydrogens is 314 g/mol. The van der Waals surface area contributed by atoms with Crippen molar-refractivity contribution in [3.05, 3.63) is 0 Å². The molecule has 0 heterocycles. The van der Waals surface area contributed by atoms with Crippen LogP contribution in [0.3, 0.4) is 0 Å². The van der Waals surface area contributed by atoms with E-state index in [4.69, 9.17) is 25.3 Å². The van der Waals surface area contributed by atoms with E-state index in [1.807, 2.05) is 0 Å². The van der Waals surface area contributed by atoms with Crippen LogP contribution >= 0.6 is 15.2 Å². The van der Waals surface area contributed by atoms with Gasteiger partial charge in [0.05, 0.1) is 0 Å². The van der Waals surface area contributed by atoms with E-state index in [0.717, 1.165) is 6.92 Å². The van der Waals surface area contributed by atoms with Crippen LogP contribution in [0, 0.1) is 0 Å². The number of carboxylic acids is 1. The number of nitrogens with two attached hydrogens (primary N) is 1. The van der Waals surface area contributed by atoms with Crippen LogP contribution < -0.4 is 5.73 Å². The first-order chi connectivity index (χ1) is 8.82. The van der Waals surface area contributed by atoms with E-state index in [1.165, 1.54) is 0 Å². The van der Waals surface area contributed by atoms with Gasteiger partial charge in [0, 0.05) is 0 Å². The molecule has 0 aliphatic rings. The van der Waals surface area contributed by atoms with Crippen molar-refractivity contribution in [1.82, 2.24) is 4.90 Å². The third-order valence-electron chi connectivity index (χ3n) is 2.74. The number of rotatable bonds is 9. The molecule has 0 amide bonds. The standard InChI is InChI=1S/C8H20N2O8P2/c1-8(7(11)12,3-2-4-9)10(5-19(13,14)15)6-20(16,17)18/h2-6,9H2,1H3,(H,11,12)(H2,13,14,15)(H2,16,17,18)/t8-/m0/s1. The van der Waals surface area contributed by atoms with Gasteiger partial charge in [-0.2, -0.15) is 0 Å². The molecule has 7 N–H and O–H groups in total. The first-order valence-corrected chi connectivity index (χ1v) is 9.19. The summed E-state index contributed by atoms with van der Waals surface area (Å²) in [7, 11) is -9.38. The fourth-order valence-electron chi connectivity index (χ4n) is 1.65. The molecule has 0 fully saturated rings. The van der Waals surface area contributed by atoms with Gasteiger partial charge in [0.15, 0.2) is 0 Å². The van der Waals surface area contributed by atoms with E-state index in [2.05, 4.69) is 0 Å². The molecule has 0 saturated carbocycles. The SMILES string of the molecule is C[C@](CCCN)(C(=O)O)N(CP(=O)(O)O)CP(=O)(O)O. The summed E-state index contributed by atoms with van der Waals surface area (Å²) in [5.74, 6) is -1.44. The van der Waals surface area contributed by atoms with E-state index in [0.29, 0.717) is 4.90 Å². The highest BCUT2D eigenvalue weighted by Gasteiger charge is 2.44. The van der Waals surface area contributed by atoms with Crippen molar-refractivity contribution in [2.45, 2.75) is 25.3 Å². The highest BCUT2D eigenvalue weighted by Crippen LogP contribution is 2.44. The van der Waals surface area contributed by atoms with E-state index < -0.39 is 39.3 Å². The minimum atomic E-state index is -4.69. The zero-order chi connectivity index (χ0) is 16.2. The molecule has 0 unspecified atom stereocenters. The van der Waals surface area contributed by atoms with Gasteiger partial charge in [0.1, 0.15) is 18.1 Å². The van der Waals surface area contributed by atoms with Gasteiger partial charge in [0.25, 0.3) is 0 Å². The second-order valence-corrected chi connectivity index (χ2v) is 7.85. The molecule has 1 atom stereocenters. The van der Waals surface area contributed by atoms with Crippen LogP contribution in [0.2, 0.25) is 0 Å². The molecule has 0 rings (SSSR count). The number of hydrogen-bond acceptors (Lipinski definition) is 5. The number of aliphatic carboxylic acids is 1. The Morgan fingerprint density at radius 1 is 1.15 bits per heavy atom.